The fourth-order valence-electron chi connectivity index (χ4n) is 8.64. The number of aromatic nitrogens is 16. The van der Waals surface area contributed by atoms with Gasteiger partial charge >= 0.3 is 0 Å². The van der Waals surface area contributed by atoms with Crippen LogP contribution in [0.4, 0.5) is 0 Å². The van der Waals surface area contributed by atoms with Gasteiger partial charge in [-0.25, -0.2) is 19.9 Å². The molecule has 16 nitrogen and oxygen atoms in total. The second-order valence-corrected chi connectivity index (χ2v) is 26.0. The highest BCUT2D eigenvalue weighted by Crippen LogP contribution is 2.16. The lowest BCUT2D eigenvalue weighted by molar-refractivity contribution is 1.02. The molecule has 0 aliphatic rings. The van der Waals surface area contributed by atoms with Gasteiger partial charge in [-0.1, -0.05) is 346 Å². The maximum absolute atomic E-state index is 4.26. The van der Waals surface area contributed by atoms with E-state index in [1.807, 2.05) is 324 Å². The molecule has 0 aliphatic heterocycles. The molecule has 0 fully saturated rings. The van der Waals surface area contributed by atoms with Gasteiger partial charge in [-0.15, -0.1) is 0 Å². The minimum atomic E-state index is 0.823. The predicted octanol–water partition coefficient (Wildman–Crippen LogP) is 35.0. The summed E-state index contributed by atoms with van der Waals surface area (Å²) in [6, 6.07) is 54.2. The van der Waals surface area contributed by atoms with Crippen LogP contribution in [0.5, 0.6) is 0 Å². The van der Waals surface area contributed by atoms with Crippen molar-refractivity contribution in [2.75, 3.05) is 0 Å². The van der Waals surface area contributed by atoms with Crippen LogP contribution >= 0.6 is 0 Å². The van der Waals surface area contributed by atoms with Gasteiger partial charge in [-0.05, 0) is 168 Å². The molecule has 5 aromatic carbocycles. The zero-order valence-corrected chi connectivity index (χ0v) is 87.9. The van der Waals surface area contributed by atoms with E-state index in [1.54, 1.807) is 49.7 Å². The highest BCUT2D eigenvalue weighted by molar-refractivity contribution is 5.82. The predicted molar refractivity (Wildman–Crippen MR) is 573 cm³/mol. The van der Waals surface area contributed by atoms with E-state index in [9.17, 15) is 0 Å². The number of nitrogens with zero attached hydrogens (tertiary/aromatic N) is 16. The van der Waals surface area contributed by atoms with Gasteiger partial charge in [0.25, 0.3) is 0 Å². The molecule has 0 saturated carbocycles. The van der Waals surface area contributed by atoms with Crippen LogP contribution in [0.3, 0.4) is 0 Å². The summed E-state index contributed by atoms with van der Waals surface area (Å²) in [6.45, 7) is 81.9. The number of para-hydroxylation sites is 1. The fourth-order valence-corrected chi connectivity index (χ4v) is 8.64. The van der Waals surface area contributed by atoms with Gasteiger partial charge in [0.15, 0.2) is 0 Å². The van der Waals surface area contributed by atoms with Crippen molar-refractivity contribution in [3.63, 3.8) is 0 Å². The van der Waals surface area contributed by atoms with Gasteiger partial charge in [-0.3, -0.25) is 39.9 Å². The third-order valence-corrected chi connectivity index (χ3v) is 13.1. The maximum Gasteiger partial charge on any atom is 0.125 e. The van der Waals surface area contributed by atoms with Crippen LogP contribution in [0.25, 0.3) is 87.2 Å². The first-order chi connectivity index (χ1) is 62.2. The van der Waals surface area contributed by atoms with Crippen molar-refractivity contribution in [2.45, 2.75) is 328 Å². The van der Waals surface area contributed by atoms with Crippen LogP contribution in [-0.2, 0) is 0 Å². The molecule has 0 spiro atoms. The van der Waals surface area contributed by atoms with E-state index in [2.05, 4.69) is 228 Å². The molecule has 0 aliphatic carbocycles. The Hall–Kier alpha value is -11.5. The Morgan fingerprint density at radius 3 is 1.10 bits per heavy atom. The van der Waals surface area contributed by atoms with Crippen LogP contribution in [0, 0.1) is 55.4 Å². The monoisotopic (exact) mass is 1750 g/mol. The lowest BCUT2D eigenvalue weighted by atomic mass is 10.2. The van der Waals surface area contributed by atoms with E-state index in [1.165, 1.54) is 73.4 Å². The van der Waals surface area contributed by atoms with Crippen molar-refractivity contribution in [1.82, 2.24) is 80.2 Å². The molecule has 16 rings (SSSR count). The average molecular weight is 1750 g/mol. The van der Waals surface area contributed by atoms with Crippen molar-refractivity contribution in [1.29, 1.82) is 0 Å². The number of pyridine rings is 6. The van der Waals surface area contributed by atoms with Crippen LogP contribution < -0.4 is 0 Å². The fraction of sp³-hybridized carbons (Fsp3) is 0.429. The summed E-state index contributed by atoms with van der Waals surface area (Å²) in [5, 5.41) is 24.8. The topological polar surface area (TPSA) is 206 Å². The molecule has 11 aromatic heterocycles. The van der Waals surface area contributed by atoms with Crippen LogP contribution in [0.1, 0.15) is 318 Å². The first-order valence-electron chi connectivity index (χ1n) is 47.6. The van der Waals surface area contributed by atoms with Gasteiger partial charge in [0.2, 0.25) is 0 Å². The Kier molecular flexibility index (Phi) is 101. The normalized spacial score (nSPS) is 8.56. The molecule has 0 N–H and O–H groups in total. The molecular weight excluding hydrogens is 1570 g/mol. The summed E-state index contributed by atoms with van der Waals surface area (Å²) in [6.07, 6.45) is 33.0. The largest absolute Gasteiger partial charge is 0.264 e. The SMILES string of the molecule is CC.CC.CC.CC.CC.CC.CC.CC.CCC.CCC.CCC.CCC.CCC.CCC.CCC.CCC.Cc1cc2ccccc2nn1.Cc1cc2cccnc2cn1.Cc1cc2ccncc2cn1.Cc1cc2ncccc2cn1.Cc1ccc2ccnnc2c1.Cc1ccc2cncnc2c1.Cc1ccc2nccnc2c1.Cc1ncc2ccccc2n1. The van der Waals surface area contributed by atoms with Crippen molar-refractivity contribution < 1.29 is 0 Å². The molecule has 128 heavy (non-hydrogen) atoms. The molecule has 0 unspecified atom stereocenters. The zero-order valence-electron chi connectivity index (χ0n) is 87.9. The van der Waals surface area contributed by atoms with Gasteiger partial charge in [0.1, 0.15) is 12.2 Å². The average Bonchev–Trinajstić information content (AvgIpc) is 0.914. The minimum Gasteiger partial charge on any atom is -0.264 e. The highest BCUT2D eigenvalue weighted by Gasteiger charge is 1.99. The molecule has 0 saturated heterocycles. The van der Waals surface area contributed by atoms with E-state index in [0.717, 1.165) is 110 Å². The molecule has 11 heterocycles. The van der Waals surface area contributed by atoms with E-state index >= 15 is 0 Å². The molecule has 0 amide bonds. The minimum absolute atomic E-state index is 0.823. The quantitative estimate of drug-likeness (QED) is 0.138. The summed E-state index contributed by atoms with van der Waals surface area (Å²) in [5.41, 5.74) is 15.6. The lowest BCUT2D eigenvalue weighted by Crippen LogP contribution is -1.86. The maximum atomic E-state index is 4.26. The Balaban J connectivity index is -0.000000202. The first-order valence-corrected chi connectivity index (χ1v) is 47.6. The smallest absolute Gasteiger partial charge is 0.125 e. The molecule has 704 valence electrons. The van der Waals surface area contributed by atoms with Gasteiger partial charge in [0, 0.05) is 117 Å². The lowest BCUT2D eigenvalue weighted by Gasteiger charge is -1.95. The van der Waals surface area contributed by atoms with Crippen molar-refractivity contribution in [3.8, 4) is 0 Å². The van der Waals surface area contributed by atoms with Gasteiger partial charge in [-0.2, -0.15) is 20.4 Å². The molecule has 0 bridgehead atoms. The Bertz CT molecular complexity index is 4120. The molecular formula is C112H176N16. The Morgan fingerprint density at radius 2 is 0.555 bits per heavy atom. The third-order valence-electron chi connectivity index (χ3n) is 13.1. The molecule has 16 aromatic rings. The second-order valence-electron chi connectivity index (χ2n) is 26.0. The molecule has 0 radical (unpaired) electrons. The van der Waals surface area contributed by atoms with Crippen molar-refractivity contribution in [3.05, 3.63) is 290 Å². The Morgan fingerprint density at radius 1 is 0.195 bits per heavy atom. The number of hydrogen-bond acceptors (Lipinski definition) is 16. The highest BCUT2D eigenvalue weighted by atomic mass is 15.1. The van der Waals surface area contributed by atoms with Crippen LogP contribution in [0.15, 0.2) is 244 Å². The standard InChI is InChI=1S/8C9H8N2.8C3H8.8C2H6/c1-7-4-8-2-3-10-5-9(8)6-11-7;1-7-2-3-8-5-10-6-11-9(8)4-7;1-7-2-3-8-9(6-7)11-5-4-10-8;1-7-2-3-8-4-5-10-11-9(8)6-7;1-7-5-9-8(6-11-7)3-2-4-10-9;1-7-5-8-3-2-4-10-9(8)6-11-7;1-7-10-6-8-4-2-3-5-9(8)11-7;1-7-6-8-4-2-3-5-9(8)11-10-7;8*1-3-2;8*1-2/h8*2-6H,1H3;8*3H2,1-2H3;8*1-2H3. The molecule has 16 heteroatoms. The van der Waals surface area contributed by atoms with Crippen LogP contribution in [0.2, 0.25) is 0 Å². The van der Waals surface area contributed by atoms with E-state index in [-0.39, 0.29) is 0 Å². The zero-order chi connectivity index (χ0) is 99.1. The third kappa shape index (κ3) is 66.9. The number of benzene rings is 5. The van der Waals surface area contributed by atoms with Gasteiger partial charge < -0.3 is 0 Å². The van der Waals surface area contributed by atoms with E-state index in [0.29, 0.717) is 0 Å². The molecule has 0 atom stereocenters. The van der Waals surface area contributed by atoms with E-state index < -0.39 is 0 Å². The van der Waals surface area contributed by atoms with Gasteiger partial charge in [0.05, 0.1) is 62.2 Å². The van der Waals surface area contributed by atoms with E-state index in [4.69, 9.17) is 0 Å². The summed E-state index contributed by atoms with van der Waals surface area (Å²) < 4.78 is 0. The van der Waals surface area contributed by atoms with Crippen molar-refractivity contribution >= 4 is 87.2 Å². The number of fused-ring (bicyclic) bond motifs is 8. The first kappa shape index (κ1) is 132. The number of rotatable bonds is 0. The number of aryl methyl sites for hydroxylation is 8. The second kappa shape index (κ2) is 97.7. The van der Waals surface area contributed by atoms with Crippen LogP contribution in [-0.4, -0.2) is 80.2 Å². The summed E-state index contributed by atoms with van der Waals surface area (Å²) in [4.78, 5) is 49.6. The summed E-state index contributed by atoms with van der Waals surface area (Å²) in [5.74, 6) is 0.823. The van der Waals surface area contributed by atoms with Crippen molar-refractivity contribution in [2.24, 2.45) is 0 Å². The summed E-state index contributed by atoms with van der Waals surface area (Å²) >= 11 is 0. The summed E-state index contributed by atoms with van der Waals surface area (Å²) in [7, 11) is 0. The Labute approximate surface area is 780 Å². The number of hydrogen-bond donors (Lipinski definition) is 0.